The number of hydrogen-bond donors (Lipinski definition) is 4. The summed E-state index contributed by atoms with van der Waals surface area (Å²) >= 11 is 12.3. The average molecular weight is 500 g/mol. The number of hydrogen-bond acceptors (Lipinski definition) is 3. The van der Waals surface area contributed by atoms with Crippen molar-refractivity contribution in [2.24, 2.45) is 5.73 Å². The number of benzene rings is 2. The molecule has 8 nitrogen and oxygen atoms in total. The van der Waals surface area contributed by atoms with Crippen LogP contribution in [0.2, 0.25) is 10.0 Å². The van der Waals surface area contributed by atoms with E-state index in [-0.39, 0.29) is 16.4 Å². The van der Waals surface area contributed by atoms with Crippen molar-refractivity contribution in [3.05, 3.63) is 63.8 Å². The van der Waals surface area contributed by atoms with Crippen molar-refractivity contribution < 1.29 is 4.79 Å². The Bertz CT molecular complexity index is 1260. The van der Waals surface area contributed by atoms with Crippen molar-refractivity contribution in [3.8, 4) is 5.69 Å². The summed E-state index contributed by atoms with van der Waals surface area (Å²) in [6.07, 6.45) is 1.77. The molecule has 1 aliphatic heterocycles. The molecule has 0 aliphatic carbocycles. The number of aromatic nitrogens is 2. The summed E-state index contributed by atoms with van der Waals surface area (Å²) in [7, 11) is 0. The van der Waals surface area contributed by atoms with Crippen molar-refractivity contribution in [3.63, 3.8) is 0 Å². The van der Waals surface area contributed by atoms with E-state index in [2.05, 4.69) is 31.4 Å². The highest BCUT2D eigenvalue weighted by Crippen LogP contribution is 2.32. The molecular weight excluding hydrogens is 473 g/mol. The lowest BCUT2D eigenvalue weighted by Gasteiger charge is -2.30. The second-order valence-electron chi connectivity index (χ2n) is 9.21. The first-order valence-corrected chi connectivity index (χ1v) is 11.7. The molecule has 178 valence electrons. The van der Waals surface area contributed by atoms with Gasteiger partial charge in [0.05, 0.1) is 27.1 Å². The van der Waals surface area contributed by atoms with Crippen LogP contribution < -0.4 is 21.3 Å². The van der Waals surface area contributed by atoms with Gasteiger partial charge in [-0.2, -0.15) is 5.10 Å². The fourth-order valence-corrected chi connectivity index (χ4v) is 4.22. The molecule has 2 heterocycles. The number of nitrogens with one attached hydrogen (secondary N) is 3. The number of nitrogens with two attached hydrogens (primary N) is 1. The molecule has 0 atom stereocenters. The van der Waals surface area contributed by atoms with Gasteiger partial charge in [0.2, 0.25) is 0 Å². The minimum Gasteiger partial charge on any atom is -0.370 e. The van der Waals surface area contributed by atoms with Crippen LogP contribution in [0.5, 0.6) is 0 Å². The van der Waals surface area contributed by atoms with Gasteiger partial charge in [-0.3, -0.25) is 10.7 Å². The van der Waals surface area contributed by atoms with E-state index in [9.17, 15) is 4.79 Å². The molecule has 1 aliphatic rings. The Balaban J connectivity index is 1.68. The number of carbonyl (C=O) groups excluding carboxylic acids is 1. The van der Waals surface area contributed by atoms with Gasteiger partial charge in [0.25, 0.3) is 0 Å². The standard InChI is InChI=1S/C24H27Cl2N7O/c1-24(2,3)19-13-20(30-23(34)29-17-8-4-7-16(25)21(17)26)33(31-19)15-9-10-18-14(12-15)6-5-11-32(18)22(27)28/h4,7-10,12-13H,5-6,11H2,1-3H3,(H3,27,28)(H2,29,30,34). The lowest BCUT2D eigenvalue weighted by Crippen LogP contribution is -2.40. The topological polar surface area (TPSA) is 112 Å². The van der Waals surface area contributed by atoms with Crippen LogP contribution in [0.15, 0.2) is 42.5 Å². The van der Waals surface area contributed by atoms with E-state index < -0.39 is 6.03 Å². The van der Waals surface area contributed by atoms with Gasteiger partial charge in [-0.25, -0.2) is 9.48 Å². The minimum absolute atomic E-state index is 0.0292. The summed E-state index contributed by atoms with van der Waals surface area (Å²) in [5, 5.41) is 18.9. The normalized spacial score (nSPS) is 13.4. The van der Waals surface area contributed by atoms with Crippen LogP contribution in [0.25, 0.3) is 5.69 Å². The smallest absolute Gasteiger partial charge is 0.324 e. The van der Waals surface area contributed by atoms with Crippen LogP contribution >= 0.6 is 23.2 Å². The molecule has 4 rings (SSSR count). The van der Waals surface area contributed by atoms with Crippen molar-refractivity contribution >= 4 is 52.4 Å². The molecule has 34 heavy (non-hydrogen) atoms. The van der Waals surface area contributed by atoms with E-state index in [0.29, 0.717) is 16.5 Å². The summed E-state index contributed by atoms with van der Waals surface area (Å²) in [5.74, 6) is 0.543. The molecule has 0 unspecified atom stereocenters. The highest BCUT2D eigenvalue weighted by atomic mass is 35.5. The SMILES string of the molecule is CC(C)(C)c1cc(NC(=O)Nc2cccc(Cl)c2Cl)n(-c2ccc3c(c2)CCCN3C(=N)N)n1. The molecule has 0 spiro atoms. The summed E-state index contributed by atoms with van der Waals surface area (Å²) < 4.78 is 1.72. The minimum atomic E-state index is -0.466. The molecule has 0 saturated carbocycles. The fraction of sp³-hybridized carbons (Fsp3) is 0.292. The third-order valence-corrected chi connectivity index (χ3v) is 6.46. The van der Waals surface area contributed by atoms with Crippen LogP contribution in [0.1, 0.15) is 38.4 Å². The molecule has 3 aromatic rings. The Hall–Kier alpha value is -3.23. The van der Waals surface area contributed by atoms with Crippen LogP contribution in [-0.2, 0) is 11.8 Å². The van der Waals surface area contributed by atoms with Crippen LogP contribution in [0, 0.1) is 5.41 Å². The molecule has 1 aromatic heterocycles. The molecule has 0 bridgehead atoms. The van der Waals surface area contributed by atoms with E-state index in [1.54, 1.807) is 27.8 Å². The third-order valence-electron chi connectivity index (χ3n) is 5.64. The molecule has 0 fully saturated rings. The van der Waals surface area contributed by atoms with Crippen LogP contribution in [-0.4, -0.2) is 28.3 Å². The van der Waals surface area contributed by atoms with Crippen LogP contribution in [0.4, 0.5) is 22.0 Å². The zero-order valence-electron chi connectivity index (χ0n) is 19.2. The summed E-state index contributed by atoms with van der Waals surface area (Å²) in [4.78, 5) is 14.6. The van der Waals surface area contributed by atoms with E-state index in [1.165, 1.54) is 0 Å². The quantitative estimate of drug-likeness (QED) is 0.270. The maximum Gasteiger partial charge on any atom is 0.324 e. The molecular formula is C24H27Cl2N7O. The van der Waals surface area contributed by atoms with Crippen molar-refractivity contribution in [1.29, 1.82) is 5.41 Å². The molecule has 2 aromatic carbocycles. The highest BCUT2D eigenvalue weighted by Gasteiger charge is 2.24. The maximum absolute atomic E-state index is 12.8. The number of fused-ring (bicyclic) bond motifs is 1. The maximum atomic E-state index is 12.8. The Morgan fingerprint density at radius 3 is 2.62 bits per heavy atom. The molecule has 10 heteroatoms. The zero-order valence-corrected chi connectivity index (χ0v) is 20.8. The van der Waals surface area contributed by atoms with Gasteiger partial charge in [-0.1, -0.05) is 50.0 Å². The fourth-order valence-electron chi connectivity index (χ4n) is 3.87. The summed E-state index contributed by atoms with van der Waals surface area (Å²) in [5.41, 5.74) is 9.57. The van der Waals surface area contributed by atoms with E-state index in [1.807, 2.05) is 24.3 Å². The van der Waals surface area contributed by atoms with E-state index >= 15 is 0 Å². The summed E-state index contributed by atoms with van der Waals surface area (Å²) in [6, 6.07) is 12.3. The Morgan fingerprint density at radius 2 is 1.91 bits per heavy atom. The average Bonchev–Trinajstić information content (AvgIpc) is 3.20. The van der Waals surface area contributed by atoms with Gasteiger partial charge in [0.1, 0.15) is 5.82 Å². The Morgan fingerprint density at radius 1 is 1.15 bits per heavy atom. The van der Waals surface area contributed by atoms with Crippen molar-refractivity contribution in [1.82, 2.24) is 9.78 Å². The number of anilines is 3. The van der Waals surface area contributed by atoms with Gasteiger partial charge in [-0.05, 0) is 48.7 Å². The largest absolute Gasteiger partial charge is 0.370 e. The predicted molar refractivity (Wildman–Crippen MR) is 139 cm³/mol. The number of nitrogens with zero attached hydrogens (tertiary/aromatic N) is 3. The first kappa shape index (κ1) is 23.9. The Labute approximate surface area is 208 Å². The third kappa shape index (κ3) is 4.83. The number of guanidine groups is 1. The lowest BCUT2D eigenvalue weighted by molar-refractivity contribution is 0.262. The highest BCUT2D eigenvalue weighted by molar-refractivity contribution is 6.44. The van der Waals surface area contributed by atoms with Gasteiger partial charge >= 0.3 is 6.03 Å². The summed E-state index contributed by atoms with van der Waals surface area (Å²) in [6.45, 7) is 6.91. The first-order chi connectivity index (χ1) is 16.0. The number of carbonyl (C=O) groups is 1. The zero-order chi connectivity index (χ0) is 24.6. The number of halogens is 2. The molecule has 0 saturated heterocycles. The molecule has 2 amide bonds. The van der Waals surface area contributed by atoms with Crippen molar-refractivity contribution in [2.45, 2.75) is 39.0 Å². The molecule has 5 N–H and O–H groups in total. The second kappa shape index (κ2) is 9.19. The lowest BCUT2D eigenvalue weighted by atomic mass is 9.92. The van der Waals surface area contributed by atoms with Crippen molar-refractivity contribution in [2.75, 3.05) is 22.1 Å². The van der Waals surface area contributed by atoms with E-state index in [0.717, 1.165) is 42.0 Å². The number of rotatable bonds is 3. The monoisotopic (exact) mass is 499 g/mol. The number of urea groups is 1. The predicted octanol–water partition coefficient (Wildman–Crippen LogP) is 5.77. The van der Waals surface area contributed by atoms with Gasteiger partial charge in [0, 0.05) is 23.7 Å². The van der Waals surface area contributed by atoms with Gasteiger partial charge in [0.15, 0.2) is 5.96 Å². The van der Waals surface area contributed by atoms with Gasteiger partial charge < -0.3 is 16.0 Å². The van der Waals surface area contributed by atoms with Crippen LogP contribution in [0.3, 0.4) is 0 Å². The first-order valence-electron chi connectivity index (χ1n) is 10.9. The van der Waals surface area contributed by atoms with E-state index in [4.69, 9.17) is 39.4 Å². The Kier molecular flexibility index (Phi) is 6.47. The molecule has 0 radical (unpaired) electrons. The van der Waals surface area contributed by atoms with Gasteiger partial charge in [-0.15, -0.1) is 0 Å². The number of aryl methyl sites for hydroxylation is 1. The number of amides is 2. The second-order valence-corrected chi connectivity index (χ2v) is 10.00.